The Kier molecular flexibility index (Phi) is 3.21. The Labute approximate surface area is 101 Å². The van der Waals surface area contributed by atoms with Crippen LogP contribution in [0.1, 0.15) is 38.7 Å². The molecular weight excluding hydrogens is 220 g/mol. The number of hydrogen-bond acceptors (Lipinski definition) is 1. The quantitative estimate of drug-likeness (QED) is 0.796. The molecule has 0 bridgehead atoms. The minimum absolute atomic E-state index is 0.214. The molecule has 94 valence electrons. The summed E-state index contributed by atoms with van der Waals surface area (Å²) in [5.74, 6) is -0.225. The predicted molar refractivity (Wildman–Crippen MR) is 64.4 cm³/mol. The molecule has 1 fully saturated rings. The Hall–Kier alpha value is -0.960. The second kappa shape index (κ2) is 4.37. The number of nitrogens with two attached hydrogens (primary N) is 1. The smallest absolute Gasteiger partial charge is 0.131 e. The van der Waals surface area contributed by atoms with E-state index in [1.807, 2.05) is 0 Å². The van der Waals surface area contributed by atoms with Crippen LogP contribution in [0.25, 0.3) is 0 Å². The molecule has 1 nitrogen and oxygen atoms in total. The molecule has 17 heavy (non-hydrogen) atoms. The molecule has 1 aliphatic carbocycles. The zero-order chi connectivity index (χ0) is 12.6. The summed E-state index contributed by atoms with van der Waals surface area (Å²) in [4.78, 5) is 0. The van der Waals surface area contributed by atoms with Crippen LogP contribution in [-0.2, 0) is 5.54 Å². The van der Waals surface area contributed by atoms with Crippen molar-refractivity contribution in [1.29, 1.82) is 0 Å². The van der Waals surface area contributed by atoms with Crippen LogP contribution in [0.3, 0.4) is 0 Å². The number of hydrogen-bond donors (Lipinski definition) is 1. The Morgan fingerprint density at radius 1 is 1.29 bits per heavy atom. The van der Waals surface area contributed by atoms with Crippen LogP contribution in [0.4, 0.5) is 8.78 Å². The van der Waals surface area contributed by atoms with Gasteiger partial charge in [0.2, 0.25) is 0 Å². The maximum atomic E-state index is 13.8. The van der Waals surface area contributed by atoms with Crippen molar-refractivity contribution >= 4 is 0 Å². The van der Waals surface area contributed by atoms with Gasteiger partial charge in [0.1, 0.15) is 11.6 Å². The van der Waals surface area contributed by atoms with Crippen molar-refractivity contribution in [3.63, 3.8) is 0 Å². The number of rotatable bonds is 1. The fraction of sp³-hybridized carbons (Fsp3) is 0.571. The lowest BCUT2D eigenvalue weighted by Crippen LogP contribution is -2.47. The van der Waals surface area contributed by atoms with E-state index in [0.29, 0.717) is 11.5 Å². The Bertz CT molecular complexity index is 419. The average molecular weight is 239 g/mol. The molecule has 1 aromatic carbocycles. The van der Waals surface area contributed by atoms with Crippen molar-refractivity contribution in [3.05, 3.63) is 35.4 Å². The molecule has 0 aromatic heterocycles. The molecule has 0 amide bonds. The van der Waals surface area contributed by atoms with Gasteiger partial charge in [0.25, 0.3) is 0 Å². The van der Waals surface area contributed by atoms with E-state index >= 15 is 0 Å². The minimum atomic E-state index is -0.649. The van der Waals surface area contributed by atoms with Crippen molar-refractivity contribution in [2.75, 3.05) is 0 Å². The van der Waals surface area contributed by atoms with Crippen LogP contribution in [0.5, 0.6) is 0 Å². The maximum absolute atomic E-state index is 13.8. The van der Waals surface area contributed by atoms with Crippen molar-refractivity contribution in [2.24, 2.45) is 17.6 Å². The van der Waals surface area contributed by atoms with Gasteiger partial charge in [-0.25, -0.2) is 8.78 Å². The van der Waals surface area contributed by atoms with E-state index in [4.69, 9.17) is 5.73 Å². The maximum Gasteiger partial charge on any atom is 0.131 e. The molecule has 1 saturated carbocycles. The van der Waals surface area contributed by atoms with Gasteiger partial charge in [-0.1, -0.05) is 19.9 Å². The molecule has 0 heterocycles. The van der Waals surface area contributed by atoms with E-state index in [2.05, 4.69) is 13.8 Å². The van der Waals surface area contributed by atoms with Gasteiger partial charge in [-0.15, -0.1) is 0 Å². The molecule has 3 atom stereocenters. The second-order valence-corrected chi connectivity index (χ2v) is 5.45. The van der Waals surface area contributed by atoms with Crippen LogP contribution in [0.2, 0.25) is 0 Å². The van der Waals surface area contributed by atoms with Gasteiger partial charge in [0.15, 0.2) is 0 Å². The van der Waals surface area contributed by atoms with Crippen LogP contribution in [0, 0.1) is 23.5 Å². The van der Waals surface area contributed by atoms with E-state index < -0.39 is 17.2 Å². The van der Waals surface area contributed by atoms with Gasteiger partial charge in [-0.05, 0) is 37.2 Å². The third-order valence-corrected chi connectivity index (χ3v) is 4.12. The second-order valence-electron chi connectivity index (χ2n) is 5.45. The summed E-state index contributed by atoms with van der Waals surface area (Å²) in [6.45, 7) is 4.25. The van der Waals surface area contributed by atoms with Crippen LogP contribution in [-0.4, -0.2) is 0 Å². The van der Waals surface area contributed by atoms with Gasteiger partial charge in [-0.2, -0.15) is 0 Å². The van der Waals surface area contributed by atoms with E-state index in [9.17, 15) is 8.78 Å². The Morgan fingerprint density at radius 3 is 2.59 bits per heavy atom. The molecule has 0 spiro atoms. The van der Waals surface area contributed by atoms with Crippen LogP contribution in [0.15, 0.2) is 18.2 Å². The number of benzene rings is 1. The Balaban J connectivity index is 2.37. The molecule has 0 radical (unpaired) electrons. The molecule has 0 saturated heterocycles. The third kappa shape index (κ3) is 2.21. The molecular formula is C14H19F2N. The first-order valence-corrected chi connectivity index (χ1v) is 6.18. The summed E-state index contributed by atoms with van der Waals surface area (Å²) >= 11 is 0. The molecule has 0 aliphatic heterocycles. The van der Waals surface area contributed by atoms with Gasteiger partial charge in [0, 0.05) is 17.2 Å². The lowest BCUT2D eigenvalue weighted by Gasteiger charge is -2.42. The first kappa shape index (κ1) is 12.5. The molecule has 2 N–H and O–H groups in total. The summed E-state index contributed by atoms with van der Waals surface area (Å²) in [5, 5.41) is 0. The summed E-state index contributed by atoms with van der Waals surface area (Å²) < 4.78 is 26.7. The standard InChI is InChI=1S/C14H19F2N/c1-9-5-6-14(17,10(2)7-9)12-4-3-11(15)8-13(12)16/h3-4,8-10H,5-7,17H2,1-2H3. The normalized spacial score (nSPS) is 33.7. The van der Waals surface area contributed by atoms with E-state index in [-0.39, 0.29) is 5.92 Å². The van der Waals surface area contributed by atoms with Gasteiger partial charge >= 0.3 is 0 Å². The number of halogens is 2. The van der Waals surface area contributed by atoms with Gasteiger partial charge in [-0.3, -0.25) is 0 Å². The highest BCUT2D eigenvalue weighted by atomic mass is 19.1. The molecule has 3 unspecified atom stereocenters. The molecule has 1 aromatic rings. The highest BCUT2D eigenvalue weighted by Gasteiger charge is 2.39. The summed E-state index contributed by atoms with van der Waals surface area (Å²) in [6, 6.07) is 3.71. The third-order valence-electron chi connectivity index (χ3n) is 4.12. The molecule has 1 aliphatic rings. The summed E-state index contributed by atoms with van der Waals surface area (Å²) in [7, 11) is 0. The predicted octanol–water partition coefficient (Wildman–Crippen LogP) is 3.57. The van der Waals surface area contributed by atoms with Crippen molar-refractivity contribution in [2.45, 2.75) is 38.6 Å². The van der Waals surface area contributed by atoms with Crippen molar-refractivity contribution < 1.29 is 8.78 Å². The highest BCUT2D eigenvalue weighted by molar-refractivity contribution is 5.28. The van der Waals surface area contributed by atoms with E-state index in [1.165, 1.54) is 12.1 Å². The largest absolute Gasteiger partial charge is 0.321 e. The zero-order valence-corrected chi connectivity index (χ0v) is 10.3. The lowest BCUT2D eigenvalue weighted by atomic mass is 9.67. The minimum Gasteiger partial charge on any atom is -0.321 e. The van der Waals surface area contributed by atoms with Gasteiger partial charge in [0.05, 0.1) is 0 Å². The first-order valence-electron chi connectivity index (χ1n) is 6.18. The average Bonchev–Trinajstić information content (AvgIpc) is 2.24. The summed E-state index contributed by atoms with van der Waals surface area (Å²) in [5.41, 5.74) is 6.18. The summed E-state index contributed by atoms with van der Waals surface area (Å²) in [6.07, 6.45) is 2.75. The molecule has 3 heteroatoms. The van der Waals surface area contributed by atoms with E-state index in [1.54, 1.807) is 0 Å². The highest BCUT2D eigenvalue weighted by Crippen LogP contribution is 2.42. The van der Waals surface area contributed by atoms with Crippen molar-refractivity contribution in [3.8, 4) is 0 Å². The monoisotopic (exact) mass is 239 g/mol. The Morgan fingerprint density at radius 2 is 2.00 bits per heavy atom. The first-order chi connectivity index (χ1) is 7.93. The van der Waals surface area contributed by atoms with Gasteiger partial charge < -0.3 is 5.73 Å². The fourth-order valence-corrected chi connectivity index (χ4v) is 2.93. The molecule has 2 rings (SSSR count). The lowest BCUT2D eigenvalue weighted by molar-refractivity contribution is 0.160. The zero-order valence-electron chi connectivity index (χ0n) is 10.3. The SMILES string of the molecule is CC1CCC(N)(c2ccc(F)cc2F)C(C)C1. The fourth-order valence-electron chi connectivity index (χ4n) is 2.93. The topological polar surface area (TPSA) is 26.0 Å². The van der Waals surface area contributed by atoms with Crippen LogP contribution >= 0.6 is 0 Å². The van der Waals surface area contributed by atoms with Crippen molar-refractivity contribution in [1.82, 2.24) is 0 Å². The van der Waals surface area contributed by atoms with Crippen LogP contribution < -0.4 is 5.73 Å². The van der Waals surface area contributed by atoms with E-state index in [0.717, 1.165) is 25.3 Å².